The first-order chi connectivity index (χ1) is 44.3. The van der Waals surface area contributed by atoms with Crippen LogP contribution in [-0.2, 0) is 71.4 Å². The molecule has 2 saturated carbocycles. The lowest BCUT2D eigenvalue weighted by Crippen LogP contribution is -2.49. The fourth-order valence-electron chi connectivity index (χ4n) is 15.6. The summed E-state index contributed by atoms with van der Waals surface area (Å²) in [6.45, 7) is 4.08. The first-order valence-corrected chi connectivity index (χ1v) is 33.3. The van der Waals surface area contributed by atoms with Gasteiger partial charge in [0.15, 0.2) is 0 Å². The number of methoxy groups -OCH3 is 2. The third kappa shape index (κ3) is 14.6. The molecular weight excluding hydrogens is 1220 g/mol. The Morgan fingerprint density at radius 2 is 1.01 bits per heavy atom. The van der Waals surface area contributed by atoms with Crippen molar-refractivity contribution in [2.75, 3.05) is 104 Å². The van der Waals surface area contributed by atoms with Crippen molar-refractivity contribution in [3.8, 4) is 11.5 Å². The second kappa shape index (κ2) is 29.0. The van der Waals surface area contributed by atoms with Crippen LogP contribution in [-0.4, -0.2) is 162 Å². The maximum atomic E-state index is 13.3. The van der Waals surface area contributed by atoms with Crippen LogP contribution in [0.15, 0.2) is 97.1 Å². The van der Waals surface area contributed by atoms with Gasteiger partial charge >= 0.3 is 23.9 Å². The fourth-order valence-corrected chi connectivity index (χ4v) is 16.0. The number of aryl methyl sites for hydroxylation is 2. The molecule has 492 valence electrons. The van der Waals surface area contributed by atoms with Crippen molar-refractivity contribution in [3.63, 3.8) is 0 Å². The number of anilines is 2. The number of ether oxygens (including phenoxy) is 6. The summed E-state index contributed by atoms with van der Waals surface area (Å²) in [6.07, 6.45) is 18.2. The topological polar surface area (TPSA) is 211 Å². The fraction of sp³-hybridized carbons (Fsp3) is 0.528. The van der Waals surface area contributed by atoms with E-state index in [4.69, 9.17) is 51.6 Å². The van der Waals surface area contributed by atoms with Gasteiger partial charge in [-0.3, -0.25) is 19.2 Å². The maximum absolute atomic E-state index is 13.3. The number of nitrogens with zero attached hydrogens (tertiary/aromatic N) is 4. The highest BCUT2D eigenvalue weighted by Gasteiger charge is 2.47. The molecule has 2 spiro atoms. The SMILES string of the molecule is COC(=O)[C@@H]1CC(=O)N(C)CC/C=C/[C@H](OCC(=O)O)[C@@H]2CC[C@H]2CN2C[C@@]3(CCCc4cc(Cl)ccc43)COc3ccc1cc32.COC(=O)[C@H]1CC(=O)N(C)CC/C=C/[C@H](OCC(=O)O)[C@@H]2CC[C@H]2CN2C[C@@]3(CCCc4cc(Cl)ccc43)COc3ccc1cc32. The molecule has 4 aromatic carbocycles. The summed E-state index contributed by atoms with van der Waals surface area (Å²) in [6, 6.07) is 24.0. The van der Waals surface area contributed by atoms with Crippen LogP contribution in [0.1, 0.15) is 122 Å². The highest BCUT2D eigenvalue weighted by atomic mass is 35.5. The number of amides is 2. The lowest BCUT2D eigenvalue weighted by Gasteiger charge is -2.46. The van der Waals surface area contributed by atoms with E-state index in [1.807, 2.05) is 72.8 Å². The van der Waals surface area contributed by atoms with Crippen LogP contribution in [0.2, 0.25) is 10.0 Å². The highest BCUT2D eigenvalue weighted by Crippen LogP contribution is 2.50. The molecule has 4 aliphatic carbocycles. The van der Waals surface area contributed by atoms with Gasteiger partial charge in [0.25, 0.3) is 0 Å². The third-order valence-corrected chi connectivity index (χ3v) is 21.4. The minimum absolute atomic E-state index is 0.0142. The standard InChI is InChI=1S/2C36H43ClN2O7/c2*1-38-15-4-3-7-31(45-20-34(41)42)27-11-8-25(27)19-39-21-36(14-5-6-24-16-26(37)10-12-29(24)36)22-46-32-13-9-23(17-30(32)39)28(18-33(38)40)35(43)44-2/h2*3,7,9-10,12-13,16-17,25,27-28,31H,4-6,8,11,14-15,18-22H2,1-2H3,(H,41,42)/b2*7-3+/t25-,27+,28+,31-,36-;25-,27+,28-,31-,36-/m00/s1. The van der Waals surface area contributed by atoms with Crippen LogP contribution in [0.5, 0.6) is 11.5 Å². The molecule has 4 heterocycles. The average molecular weight is 1300 g/mol. The van der Waals surface area contributed by atoms with E-state index in [1.165, 1.54) is 36.5 Å². The number of rotatable bonds is 8. The molecule has 18 nitrogen and oxygen atoms in total. The van der Waals surface area contributed by atoms with Crippen LogP contribution >= 0.6 is 23.2 Å². The van der Waals surface area contributed by atoms with Gasteiger partial charge < -0.3 is 58.2 Å². The van der Waals surface area contributed by atoms with Gasteiger partial charge in [-0.15, -0.1) is 0 Å². The molecule has 2 N–H and O–H groups in total. The third-order valence-electron chi connectivity index (χ3n) is 20.9. The van der Waals surface area contributed by atoms with Gasteiger partial charge in [0.05, 0.1) is 62.9 Å². The van der Waals surface area contributed by atoms with E-state index >= 15 is 0 Å². The number of hydrogen-bond donors (Lipinski definition) is 2. The Bertz CT molecular complexity index is 3250. The van der Waals surface area contributed by atoms with Gasteiger partial charge in [-0.25, -0.2) is 9.59 Å². The second-order valence-corrected chi connectivity index (χ2v) is 27.5. The predicted octanol–water partition coefficient (Wildman–Crippen LogP) is 10.7. The summed E-state index contributed by atoms with van der Waals surface area (Å²) in [5.74, 6) is -2.41. The van der Waals surface area contributed by atoms with E-state index < -0.39 is 35.7 Å². The highest BCUT2D eigenvalue weighted by molar-refractivity contribution is 6.31. The molecule has 0 saturated heterocycles. The van der Waals surface area contributed by atoms with Crippen molar-refractivity contribution < 1.29 is 67.4 Å². The first kappa shape index (κ1) is 66.3. The van der Waals surface area contributed by atoms with E-state index in [2.05, 4.69) is 34.1 Å². The van der Waals surface area contributed by atoms with Crippen LogP contribution in [0.4, 0.5) is 11.4 Å². The van der Waals surface area contributed by atoms with Crippen molar-refractivity contribution in [3.05, 3.63) is 141 Å². The molecule has 4 aromatic rings. The Labute approximate surface area is 549 Å². The van der Waals surface area contributed by atoms with E-state index in [-0.39, 0.29) is 84.6 Å². The summed E-state index contributed by atoms with van der Waals surface area (Å²) in [7, 11) is 6.18. The Kier molecular flexibility index (Phi) is 20.9. The second-order valence-electron chi connectivity index (χ2n) is 26.6. The molecular formula is C72H86Cl2N4O14. The summed E-state index contributed by atoms with van der Waals surface area (Å²) in [5, 5.41) is 20.3. The molecule has 10 atom stereocenters. The van der Waals surface area contributed by atoms with Gasteiger partial charge in [0, 0.05) is 87.1 Å². The van der Waals surface area contributed by atoms with Gasteiger partial charge in [0.2, 0.25) is 11.8 Å². The molecule has 92 heavy (non-hydrogen) atoms. The number of carboxylic acids is 2. The summed E-state index contributed by atoms with van der Waals surface area (Å²) in [5.41, 5.74) is 7.72. The van der Waals surface area contributed by atoms with Crippen LogP contribution < -0.4 is 19.3 Å². The molecule has 0 aromatic heterocycles. The zero-order valence-electron chi connectivity index (χ0n) is 53.2. The number of esters is 2. The lowest BCUT2D eigenvalue weighted by molar-refractivity contribution is -0.146. The van der Waals surface area contributed by atoms with E-state index in [1.54, 1.807) is 23.9 Å². The first-order valence-electron chi connectivity index (χ1n) is 32.6. The molecule has 8 aliphatic rings. The Balaban J connectivity index is 0.000000188. The number of hydrogen-bond acceptors (Lipinski definition) is 14. The van der Waals surface area contributed by atoms with E-state index in [0.717, 1.165) is 110 Å². The number of carbonyl (C=O) groups is 6. The summed E-state index contributed by atoms with van der Waals surface area (Å²) in [4.78, 5) is 83.9. The van der Waals surface area contributed by atoms with Crippen LogP contribution in [0.25, 0.3) is 0 Å². The van der Waals surface area contributed by atoms with Gasteiger partial charge in [-0.05, 0) is 183 Å². The Hall–Kier alpha value is -7.12. The molecule has 0 radical (unpaired) electrons. The zero-order chi connectivity index (χ0) is 64.8. The van der Waals surface area contributed by atoms with E-state index in [0.29, 0.717) is 63.4 Å². The number of benzene rings is 4. The predicted molar refractivity (Wildman–Crippen MR) is 349 cm³/mol. The molecule has 2 amide bonds. The minimum atomic E-state index is -0.994. The smallest absolute Gasteiger partial charge is 0.329 e. The molecule has 20 heteroatoms. The largest absolute Gasteiger partial charge is 0.490 e. The molecule has 2 fully saturated rings. The average Bonchev–Trinajstić information content (AvgIpc) is 1.50. The van der Waals surface area contributed by atoms with Crippen molar-refractivity contribution in [2.24, 2.45) is 23.7 Å². The number of carbonyl (C=O) groups excluding carboxylic acids is 4. The normalized spacial score (nSPS) is 28.6. The molecule has 4 bridgehead atoms. The van der Waals surface area contributed by atoms with Gasteiger partial charge in [0.1, 0.15) is 24.7 Å². The van der Waals surface area contributed by atoms with Crippen molar-refractivity contribution >= 4 is 70.3 Å². The quantitative estimate of drug-likeness (QED) is 0.124. The van der Waals surface area contributed by atoms with Crippen LogP contribution in [0, 0.1) is 23.7 Å². The minimum Gasteiger partial charge on any atom is -0.490 e. The summed E-state index contributed by atoms with van der Waals surface area (Å²) < 4.78 is 35.6. The number of aliphatic carboxylic acids is 2. The zero-order valence-corrected chi connectivity index (χ0v) is 54.7. The van der Waals surface area contributed by atoms with Gasteiger partial charge in [-0.2, -0.15) is 0 Å². The Morgan fingerprint density at radius 3 is 1.39 bits per heavy atom. The number of carboxylic acid groups (broad SMARTS) is 2. The molecule has 4 aliphatic heterocycles. The molecule has 12 rings (SSSR count). The monoisotopic (exact) mass is 1300 g/mol. The van der Waals surface area contributed by atoms with Crippen molar-refractivity contribution in [1.82, 2.24) is 9.80 Å². The van der Waals surface area contributed by atoms with Crippen molar-refractivity contribution in [1.29, 1.82) is 0 Å². The maximum Gasteiger partial charge on any atom is 0.329 e. The number of halogens is 2. The van der Waals surface area contributed by atoms with Gasteiger partial charge in [-0.1, -0.05) is 71.8 Å². The summed E-state index contributed by atoms with van der Waals surface area (Å²) >= 11 is 12.9. The van der Waals surface area contributed by atoms with Crippen LogP contribution in [0.3, 0.4) is 0 Å². The van der Waals surface area contributed by atoms with E-state index in [9.17, 15) is 39.0 Å². The van der Waals surface area contributed by atoms with Crippen molar-refractivity contribution in [2.45, 2.75) is 125 Å². The molecule has 0 unspecified atom stereocenters. The Morgan fingerprint density at radius 1 is 0.587 bits per heavy atom. The number of fused-ring (bicyclic) bond motifs is 8. The lowest BCUT2D eigenvalue weighted by atomic mass is 9.68.